The van der Waals surface area contributed by atoms with E-state index in [4.69, 9.17) is 0 Å². The molecule has 0 saturated carbocycles. The summed E-state index contributed by atoms with van der Waals surface area (Å²) in [5, 5.41) is 1.89. The van der Waals surface area contributed by atoms with Crippen molar-refractivity contribution in [1.29, 1.82) is 0 Å². The van der Waals surface area contributed by atoms with Crippen LogP contribution in [0.2, 0.25) is 0 Å². The number of likely N-dealkylation sites (tertiary alicyclic amines) is 1. The van der Waals surface area contributed by atoms with E-state index < -0.39 is 21.2 Å². The lowest BCUT2D eigenvalue weighted by molar-refractivity contribution is -0.133. The Labute approximate surface area is 186 Å². The second kappa shape index (κ2) is 9.42. The Kier molecular flexibility index (Phi) is 6.64. The molecule has 4 rings (SSSR count). The summed E-state index contributed by atoms with van der Waals surface area (Å²) >= 11 is 1.18. The molecular formula is C22H25N3O4S2. The van der Waals surface area contributed by atoms with E-state index in [-0.39, 0.29) is 17.3 Å². The van der Waals surface area contributed by atoms with E-state index in [9.17, 15) is 18.0 Å². The van der Waals surface area contributed by atoms with E-state index >= 15 is 0 Å². The van der Waals surface area contributed by atoms with E-state index in [1.807, 2.05) is 30.3 Å². The highest BCUT2D eigenvalue weighted by Crippen LogP contribution is 2.38. The summed E-state index contributed by atoms with van der Waals surface area (Å²) in [5.74, 6) is -0.574. The van der Waals surface area contributed by atoms with Gasteiger partial charge in [0.2, 0.25) is 21.8 Å². The minimum absolute atomic E-state index is 0.0698. The van der Waals surface area contributed by atoms with Crippen LogP contribution >= 0.6 is 11.8 Å². The van der Waals surface area contributed by atoms with Crippen molar-refractivity contribution in [3.63, 3.8) is 0 Å². The third-order valence-corrected chi connectivity index (χ3v) is 8.11. The molecule has 0 bridgehead atoms. The molecule has 1 saturated heterocycles. The highest BCUT2D eigenvalue weighted by molar-refractivity contribution is 8.01. The first-order valence-corrected chi connectivity index (χ1v) is 12.7. The van der Waals surface area contributed by atoms with E-state index in [2.05, 4.69) is 10.0 Å². The Hall–Kier alpha value is -2.36. The van der Waals surface area contributed by atoms with Crippen LogP contribution in [0.25, 0.3) is 0 Å². The summed E-state index contributed by atoms with van der Waals surface area (Å²) in [6, 6.07) is 13.8. The molecule has 2 N–H and O–H groups in total. The van der Waals surface area contributed by atoms with Crippen LogP contribution in [0.3, 0.4) is 0 Å². The fourth-order valence-corrected chi connectivity index (χ4v) is 5.83. The number of rotatable bonds is 5. The van der Waals surface area contributed by atoms with Crippen molar-refractivity contribution in [3.8, 4) is 0 Å². The standard InChI is InChI=1S/C22H25N3O4S2/c26-21-20(22(27)25-12-6-1-2-7-13-25)30-19-11-10-17(14-18(19)24-21)31(28,29)23-15-16-8-4-3-5-9-16/h3-5,8-11,14,20,23H,1-2,6-7,12-13,15H2,(H,24,26)/t20-/m1/s1. The molecule has 2 aliphatic rings. The molecule has 31 heavy (non-hydrogen) atoms. The normalized spacial score (nSPS) is 19.3. The van der Waals surface area contributed by atoms with Crippen LogP contribution in [-0.4, -0.2) is 43.5 Å². The van der Waals surface area contributed by atoms with Crippen LogP contribution in [0, 0.1) is 0 Å². The minimum atomic E-state index is -3.75. The number of hydrogen-bond acceptors (Lipinski definition) is 5. The molecule has 1 fully saturated rings. The summed E-state index contributed by atoms with van der Waals surface area (Å²) in [6.07, 6.45) is 4.12. The Morgan fingerprint density at radius 2 is 1.77 bits per heavy atom. The predicted octanol–water partition coefficient (Wildman–Crippen LogP) is 2.98. The summed E-state index contributed by atoms with van der Waals surface area (Å²) in [5.41, 5.74) is 1.26. The topological polar surface area (TPSA) is 95.6 Å². The van der Waals surface area contributed by atoms with Gasteiger partial charge in [-0.15, -0.1) is 11.8 Å². The molecule has 0 spiro atoms. The van der Waals surface area contributed by atoms with E-state index in [0.717, 1.165) is 31.2 Å². The molecule has 2 aromatic carbocycles. The van der Waals surface area contributed by atoms with Gasteiger partial charge < -0.3 is 10.2 Å². The number of hydrogen-bond donors (Lipinski definition) is 2. The van der Waals surface area contributed by atoms with Crippen molar-refractivity contribution in [2.45, 2.75) is 47.3 Å². The zero-order valence-corrected chi connectivity index (χ0v) is 18.7. The summed E-state index contributed by atoms with van der Waals surface area (Å²) < 4.78 is 28.0. The van der Waals surface area contributed by atoms with Crippen molar-refractivity contribution in [1.82, 2.24) is 9.62 Å². The van der Waals surface area contributed by atoms with Gasteiger partial charge >= 0.3 is 0 Å². The highest BCUT2D eigenvalue weighted by Gasteiger charge is 2.36. The number of carbonyl (C=O) groups is 2. The Balaban J connectivity index is 1.48. The van der Waals surface area contributed by atoms with Gasteiger partial charge in [0.1, 0.15) is 0 Å². The molecule has 0 unspecified atom stereocenters. The molecule has 2 heterocycles. The van der Waals surface area contributed by atoms with Crippen molar-refractivity contribution < 1.29 is 18.0 Å². The Morgan fingerprint density at radius 1 is 1.06 bits per heavy atom. The molecule has 0 aromatic heterocycles. The smallest absolute Gasteiger partial charge is 0.247 e. The minimum Gasteiger partial charge on any atom is -0.341 e. The lowest BCUT2D eigenvalue weighted by Crippen LogP contribution is -2.45. The van der Waals surface area contributed by atoms with E-state index in [1.54, 1.807) is 11.0 Å². The van der Waals surface area contributed by atoms with Crippen LogP contribution in [0.1, 0.15) is 31.2 Å². The molecule has 2 aliphatic heterocycles. The van der Waals surface area contributed by atoms with Crippen LogP contribution in [0.15, 0.2) is 58.3 Å². The first-order chi connectivity index (χ1) is 14.9. The zero-order valence-electron chi connectivity index (χ0n) is 17.0. The van der Waals surface area contributed by atoms with Crippen LogP contribution in [0.4, 0.5) is 5.69 Å². The SMILES string of the molecule is O=C1Nc2cc(S(=O)(=O)NCc3ccccc3)ccc2S[C@H]1C(=O)N1CCCCCC1. The molecular weight excluding hydrogens is 434 g/mol. The van der Waals surface area contributed by atoms with Gasteiger partial charge in [0.05, 0.1) is 10.6 Å². The number of nitrogens with one attached hydrogen (secondary N) is 2. The zero-order chi connectivity index (χ0) is 21.8. The average molecular weight is 460 g/mol. The predicted molar refractivity (Wildman–Crippen MR) is 120 cm³/mol. The van der Waals surface area contributed by atoms with Gasteiger partial charge in [-0.3, -0.25) is 9.59 Å². The number of amides is 2. The lowest BCUT2D eigenvalue weighted by atomic mass is 10.2. The molecule has 9 heteroatoms. The number of carbonyl (C=O) groups excluding carboxylic acids is 2. The maximum atomic E-state index is 12.9. The van der Waals surface area contributed by atoms with Gasteiger partial charge in [0, 0.05) is 24.5 Å². The highest BCUT2D eigenvalue weighted by atomic mass is 32.2. The molecule has 1 atom stereocenters. The van der Waals surface area contributed by atoms with Crippen molar-refractivity contribution >= 4 is 39.3 Å². The van der Waals surface area contributed by atoms with Gasteiger partial charge in [-0.25, -0.2) is 13.1 Å². The molecule has 164 valence electrons. The molecule has 0 aliphatic carbocycles. The Bertz CT molecular complexity index is 1070. The largest absolute Gasteiger partial charge is 0.341 e. The van der Waals surface area contributed by atoms with Crippen LogP contribution in [-0.2, 0) is 26.2 Å². The lowest BCUT2D eigenvalue weighted by Gasteiger charge is -2.28. The third-order valence-electron chi connectivity index (χ3n) is 5.45. The molecule has 2 aromatic rings. The number of sulfonamides is 1. The number of fused-ring (bicyclic) bond motifs is 1. The van der Waals surface area contributed by atoms with E-state index in [0.29, 0.717) is 23.7 Å². The van der Waals surface area contributed by atoms with Gasteiger partial charge in [-0.1, -0.05) is 43.2 Å². The summed E-state index contributed by atoms with van der Waals surface area (Å²) in [4.78, 5) is 28.1. The van der Waals surface area contributed by atoms with Crippen molar-refractivity contribution in [2.75, 3.05) is 18.4 Å². The van der Waals surface area contributed by atoms with Crippen molar-refractivity contribution in [2.24, 2.45) is 0 Å². The molecule has 7 nitrogen and oxygen atoms in total. The number of nitrogens with zero attached hydrogens (tertiary/aromatic N) is 1. The van der Waals surface area contributed by atoms with Gasteiger partial charge in [-0.05, 0) is 36.6 Å². The van der Waals surface area contributed by atoms with Crippen LogP contribution < -0.4 is 10.0 Å². The van der Waals surface area contributed by atoms with E-state index in [1.165, 1.54) is 23.9 Å². The number of thioether (sulfide) groups is 1. The quantitative estimate of drug-likeness (QED) is 0.671. The van der Waals surface area contributed by atoms with Gasteiger partial charge in [0.15, 0.2) is 5.25 Å². The van der Waals surface area contributed by atoms with Crippen molar-refractivity contribution in [3.05, 3.63) is 54.1 Å². The average Bonchev–Trinajstić information content (AvgIpc) is 3.07. The van der Waals surface area contributed by atoms with Crippen LogP contribution in [0.5, 0.6) is 0 Å². The maximum absolute atomic E-state index is 12.9. The fraction of sp³-hybridized carbons (Fsp3) is 0.364. The third kappa shape index (κ3) is 5.11. The Morgan fingerprint density at radius 3 is 2.48 bits per heavy atom. The maximum Gasteiger partial charge on any atom is 0.247 e. The summed E-state index contributed by atoms with van der Waals surface area (Å²) in [6.45, 7) is 1.54. The molecule has 2 amide bonds. The summed E-state index contributed by atoms with van der Waals surface area (Å²) in [7, 11) is -3.75. The molecule has 0 radical (unpaired) electrons. The monoisotopic (exact) mass is 459 g/mol. The number of anilines is 1. The second-order valence-corrected chi connectivity index (χ2v) is 10.6. The fourth-order valence-electron chi connectivity index (χ4n) is 3.73. The first kappa shape index (κ1) is 21.9. The van der Waals surface area contributed by atoms with Gasteiger partial charge in [0.25, 0.3) is 0 Å². The number of benzene rings is 2. The second-order valence-electron chi connectivity index (χ2n) is 7.69. The first-order valence-electron chi connectivity index (χ1n) is 10.4. The van der Waals surface area contributed by atoms with Gasteiger partial charge in [-0.2, -0.15) is 0 Å².